The van der Waals surface area contributed by atoms with Crippen LogP contribution in [0.3, 0.4) is 0 Å². The van der Waals surface area contributed by atoms with E-state index < -0.39 is 39.6 Å². The molecule has 0 aromatic heterocycles. The first kappa shape index (κ1) is 22.9. The van der Waals surface area contributed by atoms with E-state index in [0.717, 1.165) is 12.1 Å². The molecule has 1 heterocycles. The largest absolute Gasteiger partial charge is 0.384 e. The summed E-state index contributed by atoms with van der Waals surface area (Å²) >= 11 is 0. The molecule has 0 radical (unpaired) electrons. The van der Waals surface area contributed by atoms with Gasteiger partial charge in [0, 0.05) is 6.54 Å². The highest BCUT2D eigenvalue weighted by Gasteiger charge is 2.44. The van der Waals surface area contributed by atoms with E-state index in [1.54, 1.807) is 13.0 Å². The number of halogens is 3. The van der Waals surface area contributed by atoms with Crippen molar-refractivity contribution in [1.29, 1.82) is 0 Å². The zero-order valence-corrected chi connectivity index (χ0v) is 16.9. The van der Waals surface area contributed by atoms with E-state index in [4.69, 9.17) is 5.73 Å². The smallest absolute Gasteiger partial charge is 0.273 e. The van der Waals surface area contributed by atoms with Crippen LogP contribution in [0.1, 0.15) is 15.9 Å². The minimum absolute atomic E-state index is 0.147. The molecule has 12 heteroatoms. The van der Waals surface area contributed by atoms with E-state index in [2.05, 4.69) is 10.6 Å². The number of carbonyl (C=O) groups excluding carboxylic acids is 1. The fourth-order valence-corrected chi connectivity index (χ4v) is 3.22. The van der Waals surface area contributed by atoms with E-state index in [-0.39, 0.29) is 36.7 Å². The number of hydrogen-bond acceptors (Lipinski definition) is 7. The van der Waals surface area contributed by atoms with Crippen LogP contribution in [0, 0.1) is 34.5 Å². The Morgan fingerprint density at radius 3 is 2.59 bits per heavy atom. The number of nitrogens with one attached hydrogen (secondary N) is 2. The van der Waals surface area contributed by atoms with Gasteiger partial charge in [-0.25, -0.2) is 13.2 Å². The monoisotopic (exact) mass is 451 g/mol. The lowest BCUT2D eigenvalue weighted by molar-refractivity contribution is -0.403. The Hall–Kier alpha value is -3.80. The molecule has 2 aromatic carbocycles. The number of nitro groups is 1. The normalized spacial score (nSPS) is 15.2. The SMILES string of the molecule is Cc1ccc(Nc2c(C(=O)N3CC(O)(CN/C(N)=C/[N+](=O)[O-])C3)ccc(F)c2F)c(F)c1. The van der Waals surface area contributed by atoms with Crippen LogP contribution in [-0.4, -0.2) is 46.1 Å². The summed E-state index contributed by atoms with van der Waals surface area (Å²) in [5.41, 5.74) is 3.64. The molecule has 1 aliphatic heterocycles. The van der Waals surface area contributed by atoms with Crippen molar-refractivity contribution >= 4 is 17.3 Å². The first-order valence-corrected chi connectivity index (χ1v) is 9.36. The minimum atomic E-state index is -1.43. The zero-order valence-electron chi connectivity index (χ0n) is 16.9. The average molecular weight is 451 g/mol. The number of nitrogens with zero attached hydrogens (tertiary/aromatic N) is 2. The van der Waals surface area contributed by atoms with Crippen LogP contribution >= 0.6 is 0 Å². The van der Waals surface area contributed by atoms with Gasteiger partial charge in [0.1, 0.15) is 11.4 Å². The molecule has 0 aliphatic carbocycles. The van der Waals surface area contributed by atoms with Gasteiger partial charge in [0.15, 0.2) is 17.5 Å². The van der Waals surface area contributed by atoms with Crippen molar-refractivity contribution in [2.75, 3.05) is 25.0 Å². The lowest BCUT2D eigenvalue weighted by Gasteiger charge is -2.46. The molecule has 9 nitrogen and oxygen atoms in total. The van der Waals surface area contributed by atoms with Gasteiger partial charge in [-0.3, -0.25) is 14.9 Å². The van der Waals surface area contributed by atoms with Gasteiger partial charge in [0.2, 0.25) is 0 Å². The van der Waals surface area contributed by atoms with Crippen LogP contribution < -0.4 is 16.4 Å². The number of amides is 1. The van der Waals surface area contributed by atoms with E-state index in [1.807, 2.05) is 0 Å². The highest BCUT2D eigenvalue weighted by molar-refractivity contribution is 6.01. The standard InChI is InChI=1S/C20H20F3N5O4/c1-11-2-5-15(14(22)6-11)26-18-12(3-4-13(21)17(18)23)19(29)27-9-20(30,10-27)8-25-16(24)7-28(31)32/h2-7,25-26,30H,8-10,24H2,1H3/b16-7+. The van der Waals surface area contributed by atoms with Gasteiger partial charge in [0.25, 0.3) is 12.1 Å². The average Bonchev–Trinajstić information content (AvgIpc) is 2.68. The molecule has 0 spiro atoms. The molecular weight excluding hydrogens is 431 g/mol. The van der Waals surface area contributed by atoms with Gasteiger partial charge >= 0.3 is 0 Å². The van der Waals surface area contributed by atoms with Gasteiger partial charge in [-0.05, 0) is 36.8 Å². The molecule has 2 aromatic rings. The number of aryl methyl sites for hydroxylation is 1. The maximum Gasteiger partial charge on any atom is 0.273 e. The van der Waals surface area contributed by atoms with Crippen molar-refractivity contribution < 1.29 is 28.0 Å². The summed E-state index contributed by atoms with van der Waals surface area (Å²) < 4.78 is 42.5. The third-order valence-electron chi connectivity index (χ3n) is 4.83. The summed E-state index contributed by atoms with van der Waals surface area (Å²) in [7, 11) is 0. The lowest BCUT2D eigenvalue weighted by Crippen LogP contribution is -2.67. The second-order valence-electron chi connectivity index (χ2n) is 7.50. The second-order valence-corrected chi connectivity index (χ2v) is 7.50. The number of likely N-dealkylation sites (tertiary alicyclic amines) is 1. The predicted molar refractivity (Wildman–Crippen MR) is 109 cm³/mol. The van der Waals surface area contributed by atoms with Crippen LogP contribution in [0.25, 0.3) is 0 Å². The fourth-order valence-electron chi connectivity index (χ4n) is 3.22. The van der Waals surface area contributed by atoms with Crippen LogP contribution in [-0.2, 0) is 0 Å². The Bertz CT molecular complexity index is 1100. The Balaban J connectivity index is 1.76. The molecule has 0 saturated carbocycles. The molecule has 1 fully saturated rings. The molecule has 32 heavy (non-hydrogen) atoms. The van der Waals surface area contributed by atoms with Gasteiger partial charge in [-0.1, -0.05) is 6.07 Å². The van der Waals surface area contributed by atoms with Crippen molar-refractivity contribution in [3.63, 3.8) is 0 Å². The van der Waals surface area contributed by atoms with Gasteiger partial charge in [0.05, 0.1) is 35.0 Å². The van der Waals surface area contributed by atoms with Crippen molar-refractivity contribution in [1.82, 2.24) is 10.2 Å². The summed E-state index contributed by atoms with van der Waals surface area (Å²) in [6.07, 6.45) is 0.522. The number of hydrogen-bond donors (Lipinski definition) is 4. The molecule has 1 aliphatic rings. The van der Waals surface area contributed by atoms with Crippen molar-refractivity contribution in [2.45, 2.75) is 12.5 Å². The van der Waals surface area contributed by atoms with Crippen molar-refractivity contribution in [2.24, 2.45) is 5.73 Å². The number of carbonyl (C=O) groups is 1. The first-order valence-electron chi connectivity index (χ1n) is 9.36. The molecule has 0 atom stereocenters. The zero-order chi connectivity index (χ0) is 23.6. The highest BCUT2D eigenvalue weighted by atomic mass is 19.2. The maximum absolute atomic E-state index is 14.5. The summed E-state index contributed by atoms with van der Waals surface area (Å²) in [5, 5.41) is 25.7. The third kappa shape index (κ3) is 4.91. The number of rotatable bonds is 7. The number of nitrogens with two attached hydrogens (primary N) is 1. The molecular formula is C20H20F3N5O4. The summed E-state index contributed by atoms with van der Waals surface area (Å²) in [4.78, 5) is 23.6. The Labute approximate surface area is 180 Å². The van der Waals surface area contributed by atoms with E-state index in [9.17, 15) is 33.2 Å². The summed E-state index contributed by atoms with van der Waals surface area (Å²) in [6, 6.07) is 5.92. The van der Waals surface area contributed by atoms with E-state index in [1.165, 1.54) is 17.0 Å². The Kier molecular flexibility index (Phi) is 6.25. The Morgan fingerprint density at radius 1 is 1.28 bits per heavy atom. The maximum atomic E-state index is 14.5. The van der Waals surface area contributed by atoms with Gasteiger partial charge in [-0.15, -0.1) is 0 Å². The molecule has 1 amide bonds. The number of β-amino-alcohol motifs (C(OH)–C–C–N with tert-alkyl or cyclic N) is 1. The molecule has 1 saturated heterocycles. The van der Waals surface area contributed by atoms with Crippen molar-refractivity contribution in [3.8, 4) is 0 Å². The first-order chi connectivity index (χ1) is 15.0. The summed E-state index contributed by atoms with van der Waals surface area (Å²) in [6.45, 7) is 1.10. The number of aliphatic hydroxyl groups is 1. The van der Waals surface area contributed by atoms with Gasteiger partial charge in [-0.2, -0.15) is 0 Å². The predicted octanol–water partition coefficient (Wildman–Crippen LogP) is 1.97. The van der Waals surface area contributed by atoms with Crippen molar-refractivity contribution in [3.05, 3.63) is 81.0 Å². The fraction of sp³-hybridized carbons (Fsp3) is 0.250. The van der Waals surface area contributed by atoms with E-state index >= 15 is 0 Å². The molecule has 3 rings (SSSR count). The van der Waals surface area contributed by atoms with E-state index in [0.29, 0.717) is 11.8 Å². The minimum Gasteiger partial charge on any atom is -0.384 e. The lowest BCUT2D eigenvalue weighted by atomic mass is 9.92. The van der Waals surface area contributed by atoms with Crippen LogP contribution in [0.2, 0.25) is 0 Å². The highest BCUT2D eigenvalue weighted by Crippen LogP contribution is 2.31. The number of anilines is 2. The van der Waals surface area contributed by atoms with Gasteiger partial charge < -0.3 is 26.4 Å². The quantitative estimate of drug-likeness (QED) is 0.374. The van der Waals surface area contributed by atoms with Crippen LogP contribution in [0.4, 0.5) is 24.5 Å². The third-order valence-corrected chi connectivity index (χ3v) is 4.83. The van der Waals surface area contributed by atoms with Crippen LogP contribution in [0.15, 0.2) is 42.4 Å². The van der Waals surface area contributed by atoms with Crippen LogP contribution in [0.5, 0.6) is 0 Å². The summed E-state index contributed by atoms with van der Waals surface area (Å²) in [5.74, 6) is -4.30. The Morgan fingerprint density at radius 2 is 1.97 bits per heavy atom. The molecule has 5 N–H and O–H groups in total. The molecule has 170 valence electrons. The topological polar surface area (TPSA) is 134 Å². The second kappa shape index (κ2) is 8.75. The molecule has 0 bridgehead atoms. The number of benzene rings is 2. The molecule has 0 unspecified atom stereocenters.